The fourth-order valence-corrected chi connectivity index (χ4v) is 3.32. The van der Waals surface area contributed by atoms with Gasteiger partial charge in [0, 0.05) is 11.8 Å². The van der Waals surface area contributed by atoms with Crippen LogP contribution in [0.2, 0.25) is 5.02 Å². The van der Waals surface area contributed by atoms with Crippen molar-refractivity contribution in [2.75, 3.05) is 11.3 Å². The molecule has 0 aliphatic carbocycles. The fourth-order valence-electron chi connectivity index (χ4n) is 2.18. The van der Waals surface area contributed by atoms with Crippen LogP contribution < -0.4 is 9.46 Å². The van der Waals surface area contributed by atoms with Gasteiger partial charge in [-0.05, 0) is 42.7 Å². The van der Waals surface area contributed by atoms with E-state index in [4.69, 9.17) is 16.3 Å². The minimum absolute atomic E-state index is 0.160. The van der Waals surface area contributed by atoms with Crippen molar-refractivity contribution in [1.82, 2.24) is 4.98 Å². The van der Waals surface area contributed by atoms with Crippen molar-refractivity contribution in [2.45, 2.75) is 38.0 Å². The first kappa shape index (κ1) is 18.5. The third-order valence-electron chi connectivity index (χ3n) is 3.34. The first-order chi connectivity index (χ1) is 11.1. The number of nitrogens with one attached hydrogen (secondary N) is 1. The van der Waals surface area contributed by atoms with Crippen molar-refractivity contribution in [3.63, 3.8) is 0 Å². The van der Waals surface area contributed by atoms with Gasteiger partial charge in [0.25, 0.3) is 10.0 Å². The number of hydrogen-bond donors (Lipinski definition) is 1. The molecule has 0 unspecified atom stereocenters. The summed E-state index contributed by atoms with van der Waals surface area (Å²) in [5.74, 6) is 0.902. The Morgan fingerprint density at radius 1 is 1.21 bits per heavy atom. The number of rotatable bonds is 5. The van der Waals surface area contributed by atoms with E-state index < -0.39 is 10.0 Å². The average Bonchev–Trinajstić information content (AvgIpc) is 2.49. The summed E-state index contributed by atoms with van der Waals surface area (Å²) < 4.78 is 33.3. The van der Waals surface area contributed by atoms with Crippen LogP contribution in [0.15, 0.2) is 41.4 Å². The molecule has 1 heterocycles. The van der Waals surface area contributed by atoms with E-state index in [0.717, 1.165) is 5.56 Å². The Morgan fingerprint density at radius 2 is 1.92 bits per heavy atom. The van der Waals surface area contributed by atoms with Gasteiger partial charge in [-0.15, -0.1) is 0 Å². The molecule has 0 saturated heterocycles. The normalized spacial score (nSPS) is 12.0. The molecule has 7 heteroatoms. The van der Waals surface area contributed by atoms with Crippen molar-refractivity contribution < 1.29 is 13.2 Å². The standard InChI is InChI=1S/C17H21ClN2O3S/c1-5-23-15-8-7-13(10-14(15)17(2,3)4)24(21,22)20-16-9-6-12(18)11-19-16/h6-11H,5H2,1-4H3,(H,19,20). The lowest BCUT2D eigenvalue weighted by molar-refractivity contribution is 0.329. The summed E-state index contributed by atoms with van der Waals surface area (Å²) in [6, 6.07) is 7.94. The van der Waals surface area contributed by atoms with Gasteiger partial charge in [0.05, 0.1) is 16.5 Å². The molecular formula is C17H21ClN2O3S. The zero-order valence-electron chi connectivity index (χ0n) is 14.1. The SMILES string of the molecule is CCOc1ccc(S(=O)(=O)Nc2ccc(Cl)cn2)cc1C(C)(C)C. The molecule has 2 aromatic rings. The van der Waals surface area contributed by atoms with E-state index in [-0.39, 0.29) is 16.1 Å². The topological polar surface area (TPSA) is 68.3 Å². The van der Waals surface area contributed by atoms with Crippen LogP contribution in [0.4, 0.5) is 5.82 Å². The number of anilines is 1. The quantitative estimate of drug-likeness (QED) is 0.857. The smallest absolute Gasteiger partial charge is 0.263 e. The Labute approximate surface area is 148 Å². The number of nitrogens with zero attached hydrogens (tertiary/aromatic N) is 1. The molecule has 1 N–H and O–H groups in total. The highest BCUT2D eigenvalue weighted by Gasteiger charge is 2.23. The van der Waals surface area contributed by atoms with Crippen molar-refractivity contribution in [3.05, 3.63) is 47.1 Å². The van der Waals surface area contributed by atoms with Gasteiger partial charge in [-0.2, -0.15) is 0 Å². The van der Waals surface area contributed by atoms with Crippen LogP contribution >= 0.6 is 11.6 Å². The summed E-state index contributed by atoms with van der Waals surface area (Å²) >= 11 is 5.76. The van der Waals surface area contributed by atoms with Crippen LogP contribution in [-0.2, 0) is 15.4 Å². The number of aromatic nitrogens is 1. The van der Waals surface area contributed by atoms with Gasteiger partial charge in [-0.25, -0.2) is 13.4 Å². The molecule has 2 rings (SSSR count). The number of benzene rings is 1. The second kappa shape index (κ2) is 6.99. The molecule has 1 aromatic heterocycles. The lowest BCUT2D eigenvalue weighted by Crippen LogP contribution is -2.18. The van der Waals surface area contributed by atoms with E-state index in [0.29, 0.717) is 17.4 Å². The highest BCUT2D eigenvalue weighted by molar-refractivity contribution is 7.92. The maximum absolute atomic E-state index is 12.6. The number of pyridine rings is 1. The summed E-state index contributed by atoms with van der Waals surface area (Å²) in [7, 11) is -3.75. The van der Waals surface area contributed by atoms with E-state index in [9.17, 15) is 8.42 Å². The number of hydrogen-bond acceptors (Lipinski definition) is 4. The van der Waals surface area contributed by atoms with E-state index in [1.807, 2.05) is 27.7 Å². The molecular weight excluding hydrogens is 348 g/mol. The van der Waals surface area contributed by atoms with Gasteiger partial charge in [0.1, 0.15) is 11.6 Å². The van der Waals surface area contributed by atoms with Crippen LogP contribution in [-0.4, -0.2) is 20.0 Å². The lowest BCUT2D eigenvalue weighted by atomic mass is 9.86. The van der Waals surface area contributed by atoms with Gasteiger partial charge < -0.3 is 4.74 Å². The maximum Gasteiger partial charge on any atom is 0.263 e. The number of ether oxygens (including phenoxy) is 1. The Bertz CT molecular complexity index is 813. The highest BCUT2D eigenvalue weighted by atomic mass is 35.5. The summed E-state index contributed by atoms with van der Waals surface area (Å²) in [6.07, 6.45) is 1.39. The van der Waals surface area contributed by atoms with Crippen molar-refractivity contribution in [2.24, 2.45) is 0 Å². The maximum atomic E-state index is 12.6. The van der Waals surface area contributed by atoms with Gasteiger partial charge in [0.2, 0.25) is 0 Å². The zero-order chi connectivity index (χ0) is 18.0. The molecule has 0 saturated carbocycles. The molecule has 0 radical (unpaired) electrons. The third kappa shape index (κ3) is 4.39. The number of sulfonamides is 1. The predicted octanol–water partition coefficient (Wildman–Crippen LogP) is 4.23. The molecule has 1 aromatic carbocycles. The second-order valence-electron chi connectivity index (χ2n) is 6.31. The highest BCUT2D eigenvalue weighted by Crippen LogP contribution is 2.33. The van der Waals surface area contributed by atoms with E-state index in [2.05, 4.69) is 9.71 Å². The summed E-state index contributed by atoms with van der Waals surface area (Å²) in [5.41, 5.74) is 0.574. The first-order valence-electron chi connectivity index (χ1n) is 7.55. The average molecular weight is 369 g/mol. The molecule has 0 aliphatic rings. The van der Waals surface area contributed by atoms with Crippen LogP contribution in [0.3, 0.4) is 0 Å². The van der Waals surface area contributed by atoms with Crippen molar-refractivity contribution in [3.8, 4) is 5.75 Å². The van der Waals surface area contributed by atoms with Gasteiger partial charge >= 0.3 is 0 Å². The Morgan fingerprint density at radius 3 is 2.46 bits per heavy atom. The van der Waals surface area contributed by atoms with Gasteiger partial charge in [-0.3, -0.25) is 4.72 Å². The van der Waals surface area contributed by atoms with Gasteiger partial charge in [0.15, 0.2) is 0 Å². The molecule has 24 heavy (non-hydrogen) atoms. The van der Waals surface area contributed by atoms with E-state index in [1.54, 1.807) is 18.2 Å². The molecule has 0 atom stereocenters. The fraction of sp³-hybridized carbons (Fsp3) is 0.353. The van der Waals surface area contributed by atoms with Crippen LogP contribution in [0.5, 0.6) is 5.75 Å². The Balaban J connectivity index is 2.41. The monoisotopic (exact) mass is 368 g/mol. The largest absolute Gasteiger partial charge is 0.494 e. The number of halogens is 1. The van der Waals surface area contributed by atoms with Crippen LogP contribution in [0.1, 0.15) is 33.3 Å². The summed E-state index contributed by atoms with van der Waals surface area (Å²) in [6.45, 7) is 8.44. The molecule has 0 spiro atoms. The zero-order valence-corrected chi connectivity index (χ0v) is 15.7. The summed E-state index contributed by atoms with van der Waals surface area (Å²) in [4.78, 5) is 4.12. The molecule has 0 bridgehead atoms. The lowest BCUT2D eigenvalue weighted by Gasteiger charge is -2.23. The molecule has 0 fully saturated rings. The van der Waals surface area contributed by atoms with Crippen LogP contribution in [0, 0.1) is 0 Å². The molecule has 5 nitrogen and oxygen atoms in total. The van der Waals surface area contributed by atoms with E-state index >= 15 is 0 Å². The predicted molar refractivity (Wildman–Crippen MR) is 96.4 cm³/mol. The minimum atomic E-state index is -3.75. The van der Waals surface area contributed by atoms with Gasteiger partial charge in [-0.1, -0.05) is 32.4 Å². The first-order valence-corrected chi connectivity index (χ1v) is 9.41. The molecule has 0 amide bonds. The minimum Gasteiger partial charge on any atom is -0.494 e. The Kier molecular flexibility index (Phi) is 5.40. The van der Waals surface area contributed by atoms with E-state index in [1.165, 1.54) is 18.3 Å². The summed E-state index contributed by atoms with van der Waals surface area (Å²) in [5, 5.41) is 0.439. The Hall–Kier alpha value is -1.79. The molecule has 0 aliphatic heterocycles. The third-order valence-corrected chi connectivity index (χ3v) is 4.91. The second-order valence-corrected chi connectivity index (χ2v) is 8.43. The van der Waals surface area contributed by atoms with Crippen molar-refractivity contribution in [1.29, 1.82) is 0 Å². The van der Waals surface area contributed by atoms with Crippen LogP contribution in [0.25, 0.3) is 0 Å². The van der Waals surface area contributed by atoms with Crippen molar-refractivity contribution >= 4 is 27.4 Å². The molecule has 130 valence electrons.